The van der Waals surface area contributed by atoms with Crippen LogP contribution in [0.4, 0.5) is 0 Å². The molecule has 0 amide bonds. The summed E-state index contributed by atoms with van der Waals surface area (Å²) in [6.45, 7) is 2.07. The molecule has 86 valence electrons. The molecule has 1 nitrogen and oxygen atoms in total. The van der Waals surface area contributed by atoms with Crippen LogP contribution < -0.4 is 4.74 Å². The molecule has 2 heterocycles. The fraction of sp³-hybridized carbons (Fsp3) is 0.273. The van der Waals surface area contributed by atoms with Crippen LogP contribution in [0.25, 0.3) is 0 Å². The fourth-order valence-electron chi connectivity index (χ4n) is 1.32. The maximum atomic E-state index is 6.43. The van der Waals surface area contributed by atoms with E-state index in [1.54, 1.807) is 29.8 Å². The zero-order valence-electron chi connectivity index (χ0n) is 8.79. The number of methoxy groups -OCH3 is 1. The van der Waals surface area contributed by atoms with Crippen molar-refractivity contribution in [2.45, 2.75) is 12.3 Å². The van der Waals surface area contributed by atoms with E-state index in [2.05, 4.69) is 28.9 Å². The molecule has 0 saturated carbocycles. The van der Waals surface area contributed by atoms with Crippen LogP contribution in [0.15, 0.2) is 21.3 Å². The van der Waals surface area contributed by atoms with Gasteiger partial charge in [0.2, 0.25) is 0 Å². The Hall–Kier alpha value is -0.0300. The molecule has 0 spiro atoms. The van der Waals surface area contributed by atoms with Gasteiger partial charge in [-0.1, -0.05) is 0 Å². The Morgan fingerprint density at radius 3 is 2.62 bits per heavy atom. The summed E-state index contributed by atoms with van der Waals surface area (Å²) in [5.74, 6) is 0.873. The van der Waals surface area contributed by atoms with Crippen molar-refractivity contribution in [3.05, 3.63) is 36.6 Å². The Morgan fingerprint density at radius 1 is 1.38 bits per heavy atom. The van der Waals surface area contributed by atoms with Gasteiger partial charge >= 0.3 is 0 Å². The van der Waals surface area contributed by atoms with Gasteiger partial charge in [0.05, 0.1) is 10.9 Å². The molecule has 2 aromatic rings. The van der Waals surface area contributed by atoms with Gasteiger partial charge in [0, 0.05) is 15.1 Å². The predicted molar refractivity (Wildman–Crippen MR) is 75.3 cm³/mol. The van der Waals surface area contributed by atoms with Gasteiger partial charge in [0.1, 0.15) is 11.1 Å². The van der Waals surface area contributed by atoms with Crippen molar-refractivity contribution in [1.82, 2.24) is 0 Å². The number of halogens is 2. The van der Waals surface area contributed by atoms with Gasteiger partial charge in [0.15, 0.2) is 0 Å². The van der Waals surface area contributed by atoms with Crippen LogP contribution in [-0.2, 0) is 0 Å². The van der Waals surface area contributed by atoms with Crippen LogP contribution in [0.3, 0.4) is 0 Å². The molecule has 0 aliphatic carbocycles. The normalized spacial score (nSPS) is 12.8. The summed E-state index contributed by atoms with van der Waals surface area (Å²) in [4.78, 5) is 2.28. The SMILES string of the molecule is COc1csc(C(Cl)c2cc(C)c(Br)s2)c1. The first kappa shape index (κ1) is 12.4. The first-order valence-corrected chi connectivity index (χ1v) is 7.56. The minimum Gasteiger partial charge on any atom is -0.496 e. The summed E-state index contributed by atoms with van der Waals surface area (Å²) >= 11 is 13.3. The third-order valence-corrected chi connectivity index (χ3v) is 6.11. The lowest BCUT2D eigenvalue weighted by Crippen LogP contribution is -1.85. The van der Waals surface area contributed by atoms with Crippen LogP contribution >= 0.6 is 50.2 Å². The highest BCUT2D eigenvalue weighted by atomic mass is 79.9. The quantitative estimate of drug-likeness (QED) is 0.698. The molecule has 5 heteroatoms. The minimum absolute atomic E-state index is 0.0797. The molecule has 0 fully saturated rings. The van der Waals surface area contributed by atoms with Gasteiger partial charge in [-0.05, 0) is 40.5 Å². The molecule has 0 radical (unpaired) electrons. The summed E-state index contributed by atoms with van der Waals surface area (Å²) in [5, 5.41) is 1.89. The van der Waals surface area contributed by atoms with E-state index in [9.17, 15) is 0 Å². The van der Waals surface area contributed by atoms with Crippen molar-refractivity contribution in [3.63, 3.8) is 0 Å². The van der Waals surface area contributed by atoms with Gasteiger partial charge < -0.3 is 4.74 Å². The van der Waals surface area contributed by atoms with E-state index >= 15 is 0 Å². The van der Waals surface area contributed by atoms with Crippen LogP contribution in [0.5, 0.6) is 5.75 Å². The highest BCUT2D eigenvalue weighted by molar-refractivity contribution is 9.11. The number of alkyl halides is 1. The second-order valence-corrected chi connectivity index (χ2v) is 7.14. The van der Waals surface area contributed by atoms with Gasteiger partial charge in [0.25, 0.3) is 0 Å². The molecule has 0 N–H and O–H groups in total. The molecular weight excluding hydrogens is 328 g/mol. The van der Waals surface area contributed by atoms with Crippen molar-refractivity contribution < 1.29 is 4.74 Å². The van der Waals surface area contributed by atoms with E-state index in [1.165, 1.54) is 5.56 Å². The van der Waals surface area contributed by atoms with Gasteiger partial charge in [-0.2, -0.15) is 0 Å². The molecule has 0 bridgehead atoms. The smallest absolute Gasteiger partial charge is 0.129 e. The number of thiophene rings is 2. The highest BCUT2D eigenvalue weighted by Gasteiger charge is 2.16. The molecule has 16 heavy (non-hydrogen) atoms. The summed E-state index contributed by atoms with van der Waals surface area (Å²) < 4.78 is 6.31. The third kappa shape index (κ3) is 2.45. The predicted octanol–water partition coefficient (Wildman–Crippen LogP) is 5.22. The van der Waals surface area contributed by atoms with Crippen LogP contribution in [-0.4, -0.2) is 7.11 Å². The minimum atomic E-state index is -0.0797. The van der Waals surface area contributed by atoms with E-state index in [0.717, 1.165) is 19.3 Å². The van der Waals surface area contributed by atoms with Crippen LogP contribution in [0.2, 0.25) is 0 Å². The number of rotatable bonds is 3. The van der Waals surface area contributed by atoms with E-state index in [-0.39, 0.29) is 5.38 Å². The topological polar surface area (TPSA) is 9.23 Å². The zero-order chi connectivity index (χ0) is 11.7. The zero-order valence-corrected chi connectivity index (χ0v) is 12.8. The van der Waals surface area contributed by atoms with Crippen molar-refractivity contribution >= 4 is 50.2 Å². The molecular formula is C11H10BrClOS2. The molecule has 0 aromatic carbocycles. The summed E-state index contributed by atoms with van der Waals surface area (Å²) in [7, 11) is 1.67. The Kier molecular flexibility index (Phi) is 3.95. The van der Waals surface area contributed by atoms with Gasteiger partial charge in [-0.3, -0.25) is 0 Å². The summed E-state index contributed by atoms with van der Waals surface area (Å²) in [6, 6.07) is 4.11. The average Bonchev–Trinajstić information content (AvgIpc) is 2.86. The number of hydrogen-bond donors (Lipinski definition) is 0. The summed E-state index contributed by atoms with van der Waals surface area (Å²) in [5.41, 5.74) is 1.23. The number of hydrogen-bond acceptors (Lipinski definition) is 3. The summed E-state index contributed by atoms with van der Waals surface area (Å²) in [6.07, 6.45) is 0. The van der Waals surface area contributed by atoms with Crippen molar-refractivity contribution in [2.75, 3.05) is 7.11 Å². The number of ether oxygens (including phenoxy) is 1. The maximum Gasteiger partial charge on any atom is 0.129 e. The third-order valence-electron chi connectivity index (χ3n) is 2.21. The fourth-order valence-corrected chi connectivity index (χ4v) is 4.23. The van der Waals surface area contributed by atoms with E-state index in [4.69, 9.17) is 16.3 Å². The van der Waals surface area contributed by atoms with Gasteiger partial charge in [-0.25, -0.2) is 0 Å². The Bertz CT molecular complexity index is 472. The molecule has 0 aliphatic heterocycles. The molecule has 2 rings (SSSR count). The lowest BCUT2D eigenvalue weighted by molar-refractivity contribution is 0.416. The Morgan fingerprint density at radius 2 is 2.12 bits per heavy atom. The monoisotopic (exact) mass is 336 g/mol. The highest BCUT2D eigenvalue weighted by Crippen LogP contribution is 2.40. The largest absolute Gasteiger partial charge is 0.496 e. The van der Waals surface area contributed by atoms with E-state index < -0.39 is 0 Å². The lowest BCUT2D eigenvalue weighted by Gasteiger charge is -2.02. The van der Waals surface area contributed by atoms with Gasteiger partial charge in [-0.15, -0.1) is 34.3 Å². The average molecular weight is 338 g/mol. The first-order chi connectivity index (χ1) is 7.61. The van der Waals surface area contributed by atoms with E-state index in [0.29, 0.717) is 0 Å². The van der Waals surface area contributed by atoms with Crippen molar-refractivity contribution in [1.29, 1.82) is 0 Å². The first-order valence-electron chi connectivity index (χ1n) is 4.64. The standard InChI is InChI=1S/C11H10BrClOS2/c1-6-3-9(16-11(6)12)10(13)8-4-7(14-2)5-15-8/h3-5,10H,1-2H3. The van der Waals surface area contributed by atoms with Crippen molar-refractivity contribution in [3.8, 4) is 5.75 Å². The van der Waals surface area contributed by atoms with Crippen LogP contribution in [0.1, 0.15) is 20.7 Å². The number of aryl methyl sites for hydroxylation is 1. The molecule has 1 unspecified atom stereocenters. The lowest BCUT2D eigenvalue weighted by atomic mass is 10.2. The van der Waals surface area contributed by atoms with Crippen molar-refractivity contribution in [2.24, 2.45) is 0 Å². The Balaban J connectivity index is 2.27. The van der Waals surface area contributed by atoms with E-state index in [1.807, 2.05) is 11.4 Å². The Labute approximate surface area is 116 Å². The molecule has 1 atom stereocenters. The second kappa shape index (κ2) is 5.08. The molecule has 0 saturated heterocycles. The maximum absolute atomic E-state index is 6.43. The van der Waals surface area contributed by atoms with Crippen LogP contribution in [0, 0.1) is 6.92 Å². The molecule has 0 aliphatic rings. The molecule has 2 aromatic heterocycles. The second-order valence-electron chi connectivity index (χ2n) is 3.36.